The van der Waals surface area contributed by atoms with Crippen LogP contribution in [0, 0.1) is 28.4 Å². The van der Waals surface area contributed by atoms with Gasteiger partial charge in [0.2, 0.25) is 0 Å². The van der Waals surface area contributed by atoms with Crippen LogP contribution < -0.4 is 0 Å². The minimum Gasteiger partial charge on any atom is -0.374 e. The Morgan fingerprint density at radius 1 is 0.824 bits per heavy atom. The van der Waals surface area contributed by atoms with Crippen LogP contribution >= 0.6 is 0 Å². The maximum atomic E-state index is 6.06. The van der Waals surface area contributed by atoms with E-state index in [1.807, 2.05) is 20.8 Å². The van der Waals surface area contributed by atoms with Crippen LogP contribution in [0.15, 0.2) is 41.3 Å². The molecule has 0 aliphatic heterocycles. The quantitative estimate of drug-likeness (QED) is 0.0917. The molecule has 0 bridgehead atoms. The molecule has 0 unspecified atom stereocenters. The summed E-state index contributed by atoms with van der Waals surface area (Å²) in [4.78, 5) is 0. The third-order valence-electron chi connectivity index (χ3n) is 5.80. The number of allylic oxidation sites excluding steroid dienone is 6. The molecule has 0 atom stereocenters. The molecule has 0 radical (unpaired) electrons. The Balaban J connectivity index is -0.00000112. The summed E-state index contributed by atoms with van der Waals surface area (Å²) in [6, 6.07) is 3.11. The molecule has 0 aromatic rings. The summed E-state index contributed by atoms with van der Waals surface area (Å²) < 4.78 is 18.2. The molecule has 0 aromatic heterocycles. The largest absolute Gasteiger partial charge is 4.00 e. The SMILES string of the molecule is C=CC[Si](C)(C)C1=[C-]CC(CCC[Si](OCC)(OCC)OCC)=C1[Si](C)(C)CC=C.[CH3-].[CH3-].[CH3-].[Pt+4]. The van der Waals surface area contributed by atoms with Crippen LogP contribution in [-0.4, -0.2) is 44.8 Å². The van der Waals surface area contributed by atoms with Gasteiger partial charge >= 0.3 is 29.9 Å². The van der Waals surface area contributed by atoms with Gasteiger partial charge in [-0.05, 0) is 47.7 Å². The van der Waals surface area contributed by atoms with E-state index in [2.05, 4.69) is 57.6 Å². The van der Waals surface area contributed by atoms with E-state index in [0.717, 1.165) is 37.4 Å². The maximum Gasteiger partial charge on any atom is 4.00 e. The molecule has 0 saturated carbocycles. The van der Waals surface area contributed by atoms with Crippen molar-refractivity contribution in [3.63, 3.8) is 0 Å². The van der Waals surface area contributed by atoms with Gasteiger partial charge in [0.25, 0.3) is 0 Å². The van der Waals surface area contributed by atoms with Gasteiger partial charge in [-0.15, -0.1) is 19.6 Å². The molecule has 0 fully saturated rings. The molecule has 0 aromatic carbocycles. The second-order valence-electron chi connectivity index (χ2n) is 9.30. The molecule has 202 valence electrons. The van der Waals surface area contributed by atoms with Crippen molar-refractivity contribution in [3.05, 3.63) is 69.6 Å². The van der Waals surface area contributed by atoms with Crippen LogP contribution in [0.2, 0.25) is 44.3 Å². The smallest absolute Gasteiger partial charge is 0.374 e. The maximum absolute atomic E-state index is 6.06. The van der Waals surface area contributed by atoms with E-state index < -0.39 is 25.0 Å². The Bertz CT molecular complexity index is 626. The standard InChI is InChI=1S/C24H45O3Si3.3CH3.Pt/c1-10-19-28(6,7)23-18-17-22(24(23)29(8,9)20-11-2)16-15-21-30(25-12-3,26-13-4)27-14-5;;;;/h10-11H,1-2,12-17,19-21H2,3-9H3;3*1H3;/q4*-1;+4. The summed E-state index contributed by atoms with van der Waals surface area (Å²) in [7, 11) is -5.74. The number of hydrogen-bond acceptors (Lipinski definition) is 3. The van der Waals surface area contributed by atoms with Gasteiger partial charge in [0.05, 0.1) is 0 Å². The molecule has 0 heterocycles. The molecule has 0 saturated heterocycles. The van der Waals surface area contributed by atoms with Crippen LogP contribution in [-0.2, 0) is 34.3 Å². The third kappa shape index (κ3) is 11.5. The van der Waals surface area contributed by atoms with E-state index in [9.17, 15) is 0 Å². The van der Waals surface area contributed by atoms with Crippen LogP contribution in [0.25, 0.3) is 0 Å². The Morgan fingerprint density at radius 2 is 1.26 bits per heavy atom. The van der Waals surface area contributed by atoms with Crippen molar-refractivity contribution in [3.8, 4) is 0 Å². The van der Waals surface area contributed by atoms with E-state index in [4.69, 9.17) is 13.3 Å². The zero-order chi connectivity index (χ0) is 22.8. The Hall–Kier alpha value is 0.179. The first-order chi connectivity index (χ1) is 14.1. The fourth-order valence-corrected chi connectivity index (χ4v) is 14.5. The van der Waals surface area contributed by atoms with E-state index in [0.29, 0.717) is 19.8 Å². The van der Waals surface area contributed by atoms with Crippen molar-refractivity contribution in [1.82, 2.24) is 0 Å². The molecular weight excluding hydrogens is 652 g/mol. The molecule has 0 spiro atoms. The third-order valence-corrected chi connectivity index (χ3v) is 15.6. The van der Waals surface area contributed by atoms with Crippen LogP contribution in [0.4, 0.5) is 0 Å². The van der Waals surface area contributed by atoms with Crippen LogP contribution in [0.1, 0.15) is 40.0 Å². The predicted molar refractivity (Wildman–Crippen MR) is 157 cm³/mol. The van der Waals surface area contributed by atoms with Gasteiger partial charge < -0.3 is 35.6 Å². The number of hydrogen-bond donors (Lipinski definition) is 0. The molecule has 1 rings (SSSR count). The van der Waals surface area contributed by atoms with E-state index in [-0.39, 0.29) is 43.3 Å². The van der Waals surface area contributed by atoms with Gasteiger partial charge in [-0.1, -0.05) is 44.4 Å². The molecule has 1 aliphatic rings. The van der Waals surface area contributed by atoms with Gasteiger partial charge in [0, 0.05) is 33.9 Å². The van der Waals surface area contributed by atoms with Crippen molar-refractivity contribution in [2.75, 3.05) is 19.8 Å². The van der Waals surface area contributed by atoms with Crippen molar-refractivity contribution in [2.45, 2.75) is 84.4 Å². The fourth-order valence-electron chi connectivity index (χ4n) is 4.60. The van der Waals surface area contributed by atoms with Crippen LogP contribution in [0.3, 0.4) is 0 Å². The summed E-state index contributed by atoms with van der Waals surface area (Å²) in [5.74, 6) is 0. The summed E-state index contributed by atoms with van der Waals surface area (Å²) in [6.45, 7) is 26.0. The molecule has 0 amide bonds. The molecule has 1 aliphatic carbocycles. The van der Waals surface area contributed by atoms with Crippen molar-refractivity contribution in [2.24, 2.45) is 0 Å². The van der Waals surface area contributed by atoms with Crippen molar-refractivity contribution >= 4 is 25.0 Å². The summed E-state index contributed by atoms with van der Waals surface area (Å²) in [6.07, 6.45) is 11.2. The average Bonchev–Trinajstić information content (AvgIpc) is 3.08. The minimum absolute atomic E-state index is 0. The van der Waals surface area contributed by atoms with E-state index >= 15 is 0 Å². The second-order valence-corrected chi connectivity index (χ2v) is 21.4. The Kier molecular flexibility index (Phi) is 23.5. The van der Waals surface area contributed by atoms with Crippen molar-refractivity contribution < 1.29 is 34.3 Å². The van der Waals surface area contributed by atoms with Gasteiger partial charge in [-0.2, -0.15) is 5.57 Å². The van der Waals surface area contributed by atoms with Gasteiger partial charge in [0.15, 0.2) is 0 Å². The van der Waals surface area contributed by atoms with Gasteiger partial charge in [-0.25, -0.2) is 10.4 Å². The molecule has 0 N–H and O–H groups in total. The van der Waals surface area contributed by atoms with Crippen molar-refractivity contribution in [1.29, 1.82) is 0 Å². The number of rotatable bonds is 16. The molecule has 7 heteroatoms. The first-order valence-electron chi connectivity index (χ1n) is 11.6. The molecule has 3 nitrogen and oxygen atoms in total. The Morgan fingerprint density at radius 3 is 1.68 bits per heavy atom. The summed E-state index contributed by atoms with van der Waals surface area (Å²) >= 11 is 0. The zero-order valence-electron chi connectivity index (χ0n) is 24.0. The first-order valence-corrected chi connectivity index (χ1v) is 20.0. The fraction of sp³-hybridized carbons (Fsp3) is 0.593. The van der Waals surface area contributed by atoms with Gasteiger partial charge in [-0.3, -0.25) is 6.08 Å². The van der Waals surface area contributed by atoms with E-state index in [1.165, 1.54) is 0 Å². The minimum atomic E-state index is -2.58. The first kappa shape index (κ1) is 41.3. The molecular formula is C27H54O3PtSi3. The topological polar surface area (TPSA) is 27.7 Å². The second kappa shape index (κ2) is 19.3. The average molecular weight is 706 g/mol. The zero-order valence-corrected chi connectivity index (χ0v) is 29.2. The van der Waals surface area contributed by atoms with Gasteiger partial charge in [0.1, 0.15) is 0 Å². The Labute approximate surface area is 232 Å². The molecule has 34 heavy (non-hydrogen) atoms. The predicted octanol–water partition coefficient (Wildman–Crippen LogP) is 8.46. The summed E-state index contributed by atoms with van der Waals surface area (Å²) in [5.41, 5.74) is 1.60. The van der Waals surface area contributed by atoms with E-state index in [1.54, 1.807) is 16.0 Å². The van der Waals surface area contributed by atoms with Crippen LogP contribution in [0.5, 0.6) is 0 Å². The summed E-state index contributed by atoms with van der Waals surface area (Å²) in [5, 5.41) is 3.25. The monoisotopic (exact) mass is 705 g/mol. The normalized spacial score (nSPS) is 13.7.